The molecule has 2 saturated carbocycles. The summed E-state index contributed by atoms with van der Waals surface area (Å²) in [4.78, 5) is 16.9. The molecule has 0 radical (unpaired) electrons. The standard InChI is InChI=1S/C33H40O3S/c1-23-17-26-15-16-33(4,27(18-23)21-26)36-31(34)22-35-32-24(2)19-30(20-25(32)3)37(28-11-7-5-8-12-28)29-13-9-6-10-14-29/h5-14,19-20,23,26-27,37H,15-18,21-22H2,1-4H3. The maximum absolute atomic E-state index is 13.0. The lowest BCUT2D eigenvalue weighted by Gasteiger charge is -2.48. The van der Waals surface area contributed by atoms with E-state index in [1.165, 1.54) is 27.5 Å². The molecule has 2 bridgehead atoms. The molecule has 3 nitrogen and oxygen atoms in total. The highest BCUT2D eigenvalue weighted by Gasteiger charge is 2.46. The van der Waals surface area contributed by atoms with Crippen molar-refractivity contribution in [3.63, 3.8) is 0 Å². The molecule has 4 heteroatoms. The molecule has 5 rings (SSSR count). The average Bonchev–Trinajstić information content (AvgIpc) is 2.87. The van der Waals surface area contributed by atoms with Gasteiger partial charge in [-0.05, 0) is 133 Å². The van der Waals surface area contributed by atoms with Crippen LogP contribution in [0.4, 0.5) is 0 Å². The van der Waals surface area contributed by atoms with Crippen LogP contribution in [-0.2, 0) is 9.53 Å². The maximum atomic E-state index is 13.0. The van der Waals surface area contributed by atoms with E-state index in [1.54, 1.807) is 0 Å². The zero-order chi connectivity index (χ0) is 26.0. The summed E-state index contributed by atoms with van der Waals surface area (Å²) in [6, 6.07) is 25.9. The van der Waals surface area contributed by atoms with Gasteiger partial charge in [0.1, 0.15) is 11.4 Å². The van der Waals surface area contributed by atoms with Gasteiger partial charge in [-0.2, -0.15) is 10.9 Å². The van der Waals surface area contributed by atoms with Crippen LogP contribution in [0.1, 0.15) is 57.1 Å². The number of thiol groups is 1. The lowest BCUT2D eigenvalue weighted by molar-refractivity contribution is -0.176. The Morgan fingerprint density at radius 2 is 1.49 bits per heavy atom. The van der Waals surface area contributed by atoms with Crippen LogP contribution in [-0.4, -0.2) is 18.2 Å². The summed E-state index contributed by atoms with van der Waals surface area (Å²) >= 11 is 0. The van der Waals surface area contributed by atoms with Crippen molar-refractivity contribution in [3.05, 3.63) is 83.9 Å². The van der Waals surface area contributed by atoms with Crippen molar-refractivity contribution in [1.82, 2.24) is 0 Å². The van der Waals surface area contributed by atoms with Crippen molar-refractivity contribution >= 4 is 16.9 Å². The highest BCUT2D eigenvalue weighted by atomic mass is 32.2. The minimum Gasteiger partial charge on any atom is -0.481 e. The molecule has 0 aromatic heterocycles. The van der Waals surface area contributed by atoms with Crippen LogP contribution in [0.3, 0.4) is 0 Å². The number of benzene rings is 3. The van der Waals surface area contributed by atoms with E-state index in [-0.39, 0.29) is 18.2 Å². The van der Waals surface area contributed by atoms with Crippen molar-refractivity contribution in [2.45, 2.75) is 80.1 Å². The van der Waals surface area contributed by atoms with Crippen molar-refractivity contribution in [1.29, 1.82) is 0 Å². The monoisotopic (exact) mass is 516 g/mol. The Kier molecular flexibility index (Phi) is 7.67. The Hall–Kier alpha value is -2.72. The van der Waals surface area contributed by atoms with Gasteiger partial charge >= 0.3 is 5.97 Å². The minimum absolute atomic E-state index is 0.0472. The number of carbonyl (C=O) groups excluding carboxylic acids is 1. The highest BCUT2D eigenvalue weighted by Crippen LogP contribution is 2.52. The third-order valence-electron chi connectivity index (χ3n) is 8.37. The van der Waals surface area contributed by atoms with Gasteiger partial charge in [-0.15, -0.1) is 0 Å². The van der Waals surface area contributed by atoms with Crippen LogP contribution in [0, 0.1) is 31.6 Å². The van der Waals surface area contributed by atoms with Crippen molar-refractivity contribution < 1.29 is 14.3 Å². The van der Waals surface area contributed by atoms with Gasteiger partial charge in [0.15, 0.2) is 6.61 Å². The van der Waals surface area contributed by atoms with Crippen LogP contribution in [0.25, 0.3) is 0 Å². The molecule has 0 saturated heterocycles. The first-order valence-electron chi connectivity index (χ1n) is 13.7. The lowest BCUT2D eigenvalue weighted by atomic mass is 9.62. The molecular formula is C33H40O3S. The molecular weight excluding hydrogens is 476 g/mol. The first kappa shape index (κ1) is 25.9. The second-order valence-corrected chi connectivity index (χ2v) is 13.6. The van der Waals surface area contributed by atoms with E-state index in [0.717, 1.165) is 48.0 Å². The number of fused-ring (bicyclic) bond motifs is 2. The number of rotatable bonds is 7. The van der Waals surface area contributed by atoms with E-state index in [4.69, 9.17) is 9.47 Å². The quantitative estimate of drug-likeness (QED) is 0.253. The van der Waals surface area contributed by atoms with Crippen molar-refractivity contribution in [2.75, 3.05) is 6.61 Å². The van der Waals surface area contributed by atoms with Gasteiger partial charge < -0.3 is 9.47 Å². The second kappa shape index (κ2) is 10.9. The first-order chi connectivity index (χ1) is 17.8. The number of esters is 1. The van der Waals surface area contributed by atoms with Crippen LogP contribution in [0.2, 0.25) is 0 Å². The largest absolute Gasteiger partial charge is 0.481 e. The normalized spacial score (nSPS) is 25.3. The fourth-order valence-electron chi connectivity index (χ4n) is 6.62. The van der Waals surface area contributed by atoms with Gasteiger partial charge in [0.05, 0.1) is 0 Å². The molecule has 4 atom stereocenters. The van der Waals surface area contributed by atoms with Gasteiger partial charge in [0.2, 0.25) is 0 Å². The number of hydrogen-bond acceptors (Lipinski definition) is 3. The first-order valence-corrected chi connectivity index (χ1v) is 15.0. The average molecular weight is 517 g/mol. The molecule has 0 aliphatic heterocycles. The molecule has 0 spiro atoms. The summed E-state index contributed by atoms with van der Waals surface area (Å²) in [7, 11) is -0.687. The van der Waals surface area contributed by atoms with Gasteiger partial charge in [0.25, 0.3) is 0 Å². The zero-order valence-corrected chi connectivity index (χ0v) is 23.5. The third kappa shape index (κ3) is 5.75. The molecule has 4 unspecified atom stereocenters. The second-order valence-electron chi connectivity index (χ2n) is 11.4. The summed E-state index contributed by atoms with van der Waals surface area (Å²) in [6.45, 7) is 8.59. The number of aryl methyl sites for hydroxylation is 2. The molecule has 3 aromatic carbocycles. The molecule has 2 aliphatic rings. The Balaban J connectivity index is 1.31. The number of hydrogen-bond donors (Lipinski definition) is 1. The van der Waals surface area contributed by atoms with E-state index in [1.807, 2.05) is 0 Å². The molecule has 0 heterocycles. The van der Waals surface area contributed by atoms with Crippen LogP contribution in [0.5, 0.6) is 5.75 Å². The minimum atomic E-state index is -0.687. The molecule has 3 aromatic rings. The van der Waals surface area contributed by atoms with Gasteiger partial charge in [-0.1, -0.05) is 43.3 Å². The van der Waals surface area contributed by atoms with Crippen molar-refractivity contribution in [3.8, 4) is 5.75 Å². The van der Waals surface area contributed by atoms with E-state index >= 15 is 0 Å². The van der Waals surface area contributed by atoms with Crippen LogP contribution < -0.4 is 4.74 Å². The predicted molar refractivity (Wildman–Crippen MR) is 152 cm³/mol. The van der Waals surface area contributed by atoms with Crippen LogP contribution in [0.15, 0.2) is 87.5 Å². The summed E-state index contributed by atoms with van der Waals surface area (Å²) in [5.41, 5.74) is 1.74. The van der Waals surface area contributed by atoms with E-state index in [9.17, 15) is 4.79 Å². The Bertz CT molecular complexity index is 1160. The smallest absolute Gasteiger partial charge is 0.344 e. The van der Waals surface area contributed by atoms with E-state index in [2.05, 4.69) is 100 Å². The SMILES string of the molecule is Cc1cc([SH](c2ccccc2)c2ccccc2)cc(C)c1OCC(=O)OC1(C)CCC2CC(C)CC1C2. The molecule has 0 amide bonds. The number of ether oxygens (including phenoxy) is 2. The fraction of sp³-hybridized carbons (Fsp3) is 0.424. The topological polar surface area (TPSA) is 35.5 Å². The maximum Gasteiger partial charge on any atom is 0.344 e. The molecule has 196 valence electrons. The van der Waals surface area contributed by atoms with E-state index < -0.39 is 10.9 Å². The summed E-state index contributed by atoms with van der Waals surface area (Å²) in [6.07, 6.45) is 5.81. The van der Waals surface area contributed by atoms with Crippen LogP contribution >= 0.6 is 10.9 Å². The Labute approximate surface area is 224 Å². The molecule has 0 N–H and O–H groups in total. The summed E-state index contributed by atoms with van der Waals surface area (Å²) < 4.78 is 12.3. The third-order valence-corrected chi connectivity index (χ3v) is 10.8. The fourth-order valence-corrected chi connectivity index (χ4v) is 9.10. The molecule has 2 fully saturated rings. The van der Waals surface area contributed by atoms with Crippen molar-refractivity contribution in [2.24, 2.45) is 17.8 Å². The summed E-state index contributed by atoms with van der Waals surface area (Å²) in [5, 5.41) is 0. The Morgan fingerprint density at radius 1 is 0.892 bits per heavy atom. The number of carbonyl (C=O) groups is 1. The predicted octanol–water partition coefficient (Wildman–Crippen LogP) is 8.31. The van der Waals surface area contributed by atoms with Gasteiger partial charge in [-0.25, -0.2) is 4.79 Å². The van der Waals surface area contributed by atoms with Gasteiger partial charge in [-0.3, -0.25) is 0 Å². The summed E-state index contributed by atoms with van der Waals surface area (Å²) in [5.74, 6) is 2.53. The zero-order valence-electron chi connectivity index (χ0n) is 22.6. The van der Waals surface area contributed by atoms with E-state index in [0.29, 0.717) is 5.92 Å². The molecule has 2 aliphatic carbocycles. The van der Waals surface area contributed by atoms with Gasteiger partial charge in [0, 0.05) is 0 Å². The molecule has 37 heavy (non-hydrogen) atoms. The Morgan fingerprint density at radius 3 is 2.08 bits per heavy atom. The highest BCUT2D eigenvalue weighted by molar-refractivity contribution is 8.17. The lowest BCUT2D eigenvalue weighted by Crippen LogP contribution is -2.47.